The molecule has 0 saturated carbocycles. The number of sulfonamides is 1. The van der Waals surface area contributed by atoms with Gasteiger partial charge in [-0.3, -0.25) is 0 Å². The number of aliphatic hydroxyl groups is 1. The molecule has 0 amide bonds. The Hall–Kier alpha value is -2.93. The van der Waals surface area contributed by atoms with Crippen molar-refractivity contribution in [2.45, 2.75) is 22.1 Å². The van der Waals surface area contributed by atoms with Crippen molar-refractivity contribution in [3.8, 4) is 22.4 Å². The van der Waals surface area contributed by atoms with E-state index in [0.717, 1.165) is 6.07 Å². The second kappa shape index (κ2) is 9.61. The summed E-state index contributed by atoms with van der Waals surface area (Å²) in [4.78, 5) is 5.76. The first kappa shape index (κ1) is 25.2. The van der Waals surface area contributed by atoms with E-state index >= 15 is 0 Å². The molecule has 16 heteroatoms. The molecule has 4 rings (SSSR count). The molecule has 2 aromatic carbocycles. The molecule has 0 bridgehead atoms. The fraction of sp³-hybridized carbons (Fsp3) is 0.211. The maximum Gasteiger partial charge on any atom is 0.239 e. The highest BCUT2D eigenvalue weighted by Gasteiger charge is 2.34. The molecule has 0 radical (unpaired) electrons. The zero-order valence-electron chi connectivity index (χ0n) is 18.2. The highest BCUT2D eigenvalue weighted by atomic mass is 32.2. The number of H-pyrrole nitrogens is 1. The van der Waals surface area contributed by atoms with Crippen LogP contribution in [0, 0.1) is 0 Å². The first-order valence-corrected chi connectivity index (χ1v) is 13.4. The van der Waals surface area contributed by atoms with Crippen LogP contribution in [0.1, 0.15) is 11.7 Å². The van der Waals surface area contributed by atoms with Crippen molar-refractivity contribution in [1.82, 2.24) is 31.9 Å². The molecule has 35 heavy (non-hydrogen) atoms. The third-order valence-electron chi connectivity index (χ3n) is 5.33. The van der Waals surface area contributed by atoms with Gasteiger partial charge in [-0.25, -0.2) is 37.8 Å². The lowest BCUT2D eigenvalue weighted by atomic mass is 9.96. The quantitative estimate of drug-likeness (QED) is 0.158. The Morgan fingerprint density at radius 3 is 2.34 bits per heavy atom. The summed E-state index contributed by atoms with van der Waals surface area (Å²) in [5.74, 6) is -0.544. The summed E-state index contributed by atoms with van der Waals surface area (Å²) in [7, 11) is -8.87. The Labute approximate surface area is 201 Å². The summed E-state index contributed by atoms with van der Waals surface area (Å²) in [6, 6.07) is 9.69. The maximum atomic E-state index is 13.1. The number of nitrogens with one attached hydrogen (secondary N) is 5. The second-order valence-corrected chi connectivity index (χ2v) is 11.3. The Kier molecular flexibility index (Phi) is 6.91. The maximum absolute atomic E-state index is 13.1. The number of hydrogen-bond donors (Lipinski definition) is 9. The first-order chi connectivity index (χ1) is 16.5. The van der Waals surface area contributed by atoms with Crippen LogP contribution in [0.4, 0.5) is 5.95 Å². The van der Waals surface area contributed by atoms with E-state index in [4.69, 9.17) is 16.6 Å². The molecule has 1 aliphatic heterocycles. The van der Waals surface area contributed by atoms with Gasteiger partial charge < -0.3 is 21.6 Å². The minimum Gasteiger partial charge on any atom is -0.391 e. The number of aromatic nitrogens is 2. The fourth-order valence-electron chi connectivity index (χ4n) is 3.80. The lowest BCUT2D eigenvalue weighted by Crippen LogP contribution is -2.33. The third-order valence-corrected chi connectivity index (χ3v) is 8.30. The summed E-state index contributed by atoms with van der Waals surface area (Å²) in [5.41, 5.74) is 24.1. The van der Waals surface area contributed by atoms with E-state index in [9.17, 15) is 21.9 Å². The number of hydrazine groups is 3. The van der Waals surface area contributed by atoms with Crippen LogP contribution in [-0.4, -0.2) is 50.3 Å². The first-order valence-electron chi connectivity index (χ1n) is 10.2. The number of imidazole rings is 1. The molecule has 1 atom stereocenters. The lowest BCUT2D eigenvalue weighted by molar-refractivity contribution is 0.205. The van der Waals surface area contributed by atoms with Crippen LogP contribution in [-0.2, 0) is 19.9 Å². The number of primary sulfonamides is 1. The van der Waals surface area contributed by atoms with Crippen molar-refractivity contribution in [1.29, 1.82) is 0 Å². The van der Waals surface area contributed by atoms with Gasteiger partial charge in [0.05, 0.1) is 28.6 Å². The Bertz CT molecular complexity index is 1450. The highest BCUT2D eigenvalue weighted by molar-refractivity contribution is 7.93. The number of benzene rings is 2. The molecule has 14 nitrogen and oxygen atoms in total. The van der Waals surface area contributed by atoms with E-state index in [1.165, 1.54) is 6.07 Å². The van der Waals surface area contributed by atoms with Crippen LogP contribution < -0.4 is 38.5 Å². The number of aliphatic hydroxyl groups excluding tert-OH is 1. The number of rotatable bonds is 8. The van der Waals surface area contributed by atoms with Gasteiger partial charge in [0.2, 0.25) is 10.0 Å². The standard InChI is InChI=1S/C19H25N9O5S2/c20-7-12(29)9-34(30,31)15-5-4-13(16(17(15)35(22,32)33)18-25-27-28-26-18)10-2-1-3-11(6-10)14-8-23-19(21)24-14/h1-6,8,12,18,25-29H,7,9,20H2,(H3,21,23,24)(H2,22,32,33)/t12-/m0/s1. The Balaban J connectivity index is 1.98. The monoisotopic (exact) mass is 523 g/mol. The number of nitrogens with zero attached hydrogens (tertiary/aromatic N) is 1. The molecule has 12 N–H and O–H groups in total. The number of aromatic amines is 1. The van der Waals surface area contributed by atoms with Crippen molar-refractivity contribution in [2.75, 3.05) is 18.0 Å². The van der Waals surface area contributed by atoms with E-state index in [1.54, 1.807) is 30.5 Å². The van der Waals surface area contributed by atoms with Crippen LogP contribution in [0.15, 0.2) is 52.4 Å². The van der Waals surface area contributed by atoms with E-state index in [1.807, 2.05) is 0 Å². The molecular weight excluding hydrogens is 498 g/mol. The number of nitrogen functional groups attached to an aromatic ring is 1. The van der Waals surface area contributed by atoms with Crippen molar-refractivity contribution >= 4 is 25.8 Å². The van der Waals surface area contributed by atoms with Crippen molar-refractivity contribution in [3.63, 3.8) is 0 Å². The van der Waals surface area contributed by atoms with E-state index < -0.39 is 47.7 Å². The van der Waals surface area contributed by atoms with Gasteiger partial charge in [-0.15, -0.1) is 0 Å². The molecule has 1 aliphatic rings. The van der Waals surface area contributed by atoms with E-state index in [0.29, 0.717) is 22.4 Å². The summed E-state index contributed by atoms with van der Waals surface area (Å²) >= 11 is 0. The van der Waals surface area contributed by atoms with Crippen molar-refractivity contribution < 1.29 is 21.9 Å². The van der Waals surface area contributed by atoms with Gasteiger partial charge >= 0.3 is 0 Å². The van der Waals surface area contributed by atoms with Crippen molar-refractivity contribution in [3.05, 3.63) is 48.2 Å². The van der Waals surface area contributed by atoms with Gasteiger partial charge in [0.1, 0.15) is 11.1 Å². The fourth-order valence-corrected chi connectivity index (χ4v) is 6.90. The molecule has 1 saturated heterocycles. The largest absolute Gasteiger partial charge is 0.391 e. The van der Waals surface area contributed by atoms with Gasteiger partial charge in [0.25, 0.3) is 0 Å². The van der Waals surface area contributed by atoms with Gasteiger partial charge in [-0.1, -0.05) is 24.3 Å². The zero-order valence-corrected chi connectivity index (χ0v) is 19.8. The average molecular weight is 524 g/mol. The second-order valence-electron chi connectivity index (χ2n) is 7.80. The highest BCUT2D eigenvalue weighted by Crippen LogP contribution is 2.38. The smallest absolute Gasteiger partial charge is 0.239 e. The molecule has 1 fully saturated rings. The predicted octanol–water partition coefficient (Wildman–Crippen LogP) is -1.82. The molecule has 2 heterocycles. The van der Waals surface area contributed by atoms with Crippen molar-refractivity contribution in [2.24, 2.45) is 10.9 Å². The van der Waals surface area contributed by atoms with Gasteiger partial charge in [0.15, 0.2) is 15.8 Å². The summed E-state index contributed by atoms with van der Waals surface area (Å²) < 4.78 is 51.8. The van der Waals surface area contributed by atoms with Crippen LogP contribution >= 0.6 is 0 Å². The van der Waals surface area contributed by atoms with Crippen LogP contribution in [0.25, 0.3) is 22.4 Å². The molecular formula is C19H25N9O5S2. The van der Waals surface area contributed by atoms with Gasteiger partial charge in [0, 0.05) is 17.7 Å². The number of hydrogen-bond acceptors (Lipinski definition) is 12. The van der Waals surface area contributed by atoms with Gasteiger partial charge in [-0.2, -0.15) is 11.1 Å². The SMILES string of the molecule is NC[C@H](O)CS(=O)(=O)c1ccc(-c2cccc(-c3cnc(N)[nH]3)c2)c(C2NNNN2)c1S(N)(=O)=O. The number of sulfone groups is 1. The van der Waals surface area contributed by atoms with E-state index in [2.05, 4.69) is 31.9 Å². The summed E-state index contributed by atoms with van der Waals surface area (Å²) in [5, 5.41) is 15.4. The average Bonchev–Trinajstić information content (AvgIpc) is 3.49. The van der Waals surface area contributed by atoms with Crippen LogP contribution in [0.5, 0.6) is 0 Å². The minimum atomic E-state index is -4.58. The molecule has 1 aromatic heterocycles. The minimum absolute atomic E-state index is 0.0505. The Morgan fingerprint density at radius 2 is 1.74 bits per heavy atom. The van der Waals surface area contributed by atoms with Gasteiger partial charge in [-0.05, 0) is 23.3 Å². The third kappa shape index (κ3) is 5.20. The number of nitrogens with two attached hydrogens (primary N) is 3. The van der Waals surface area contributed by atoms with E-state index in [-0.39, 0.29) is 18.1 Å². The molecule has 0 spiro atoms. The molecule has 0 unspecified atom stereocenters. The summed E-state index contributed by atoms with van der Waals surface area (Å²) in [6.45, 7) is -0.320. The Morgan fingerprint density at radius 1 is 1.06 bits per heavy atom. The topological polar surface area (TPSA) is 243 Å². The number of anilines is 1. The zero-order chi connectivity index (χ0) is 25.4. The molecule has 188 valence electrons. The van der Waals surface area contributed by atoms with Crippen LogP contribution in [0.2, 0.25) is 0 Å². The summed E-state index contributed by atoms with van der Waals surface area (Å²) in [6.07, 6.45) is -0.738. The predicted molar refractivity (Wildman–Crippen MR) is 128 cm³/mol. The van der Waals surface area contributed by atoms with Crippen LogP contribution in [0.3, 0.4) is 0 Å². The molecule has 3 aromatic rings. The molecule has 0 aliphatic carbocycles. The normalized spacial score (nSPS) is 16.0. The lowest BCUT2D eigenvalue weighted by Gasteiger charge is -2.22.